The van der Waals surface area contributed by atoms with Crippen molar-refractivity contribution in [3.63, 3.8) is 0 Å². The van der Waals surface area contributed by atoms with Gasteiger partial charge in [-0.25, -0.2) is 4.39 Å². The van der Waals surface area contributed by atoms with E-state index in [1.807, 2.05) is 13.0 Å². The number of nitrogens with zero attached hydrogens (tertiary/aromatic N) is 2. The third-order valence-electron chi connectivity index (χ3n) is 3.96. The van der Waals surface area contributed by atoms with Crippen molar-refractivity contribution < 1.29 is 9.60 Å². The van der Waals surface area contributed by atoms with Crippen molar-refractivity contribution in [1.82, 2.24) is 4.90 Å². The summed E-state index contributed by atoms with van der Waals surface area (Å²) in [5.74, 6) is 0.134. The molecule has 1 aromatic rings. The minimum Gasteiger partial charge on any atom is -0.411 e. The van der Waals surface area contributed by atoms with E-state index in [0.29, 0.717) is 5.92 Å². The molecule has 0 radical (unpaired) electrons. The van der Waals surface area contributed by atoms with E-state index in [1.54, 1.807) is 6.07 Å². The number of piperidine rings is 1. The number of benzene rings is 1. The molecule has 0 spiro atoms. The van der Waals surface area contributed by atoms with Crippen molar-refractivity contribution in [2.45, 2.75) is 33.2 Å². The maximum Gasteiger partial charge on any atom is 0.123 e. The molecule has 1 saturated heterocycles. The molecule has 1 atom stereocenters. The summed E-state index contributed by atoms with van der Waals surface area (Å²) in [6.07, 6.45) is 1.77. The molecule has 0 bridgehead atoms. The number of hydrogen-bond donors (Lipinski definition) is 1. The van der Waals surface area contributed by atoms with E-state index in [1.165, 1.54) is 6.07 Å². The Morgan fingerprint density at radius 3 is 2.95 bits per heavy atom. The Morgan fingerprint density at radius 2 is 2.26 bits per heavy atom. The quantitative estimate of drug-likeness (QED) is 0.672. The van der Waals surface area contributed by atoms with Crippen LogP contribution in [0.4, 0.5) is 4.39 Å². The van der Waals surface area contributed by atoms with E-state index in [2.05, 4.69) is 17.0 Å². The Hall–Kier alpha value is -1.42. The van der Waals surface area contributed by atoms with E-state index in [0.717, 1.165) is 49.3 Å². The molecule has 0 amide bonds. The highest BCUT2D eigenvalue weighted by Crippen LogP contribution is 2.21. The average Bonchev–Trinajstić information content (AvgIpc) is 2.42. The molecule has 1 N–H and O–H groups in total. The molecule has 2 rings (SSSR count). The van der Waals surface area contributed by atoms with Gasteiger partial charge in [0, 0.05) is 32.0 Å². The molecule has 19 heavy (non-hydrogen) atoms. The van der Waals surface area contributed by atoms with E-state index >= 15 is 0 Å². The average molecular weight is 264 g/mol. The van der Waals surface area contributed by atoms with Crippen molar-refractivity contribution in [2.24, 2.45) is 11.1 Å². The van der Waals surface area contributed by atoms with E-state index < -0.39 is 0 Å². The summed E-state index contributed by atoms with van der Waals surface area (Å²) >= 11 is 0. The normalized spacial score (nSPS) is 22.9. The van der Waals surface area contributed by atoms with Gasteiger partial charge in [-0.1, -0.05) is 18.1 Å². The molecule has 104 valence electrons. The van der Waals surface area contributed by atoms with Crippen molar-refractivity contribution in [2.75, 3.05) is 13.1 Å². The second kappa shape index (κ2) is 6.15. The first-order valence-corrected chi connectivity index (χ1v) is 6.82. The zero-order valence-corrected chi connectivity index (χ0v) is 11.6. The van der Waals surface area contributed by atoms with Crippen molar-refractivity contribution >= 4 is 5.71 Å². The van der Waals surface area contributed by atoms with Crippen molar-refractivity contribution in [3.8, 4) is 0 Å². The van der Waals surface area contributed by atoms with Gasteiger partial charge < -0.3 is 5.21 Å². The monoisotopic (exact) mass is 264 g/mol. The molecule has 3 nitrogen and oxygen atoms in total. The van der Waals surface area contributed by atoms with Crippen LogP contribution in [-0.4, -0.2) is 28.9 Å². The van der Waals surface area contributed by atoms with Gasteiger partial charge in [0.15, 0.2) is 0 Å². The van der Waals surface area contributed by atoms with Crippen LogP contribution in [-0.2, 0) is 6.54 Å². The molecule has 0 aliphatic carbocycles. The van der Waals surface area contributed by atoms with Gasteiger partial charge in [0.05, 0.1) is 5.71 Å². The minimum absolute atomic E-state index is 0.178. The maximum absolute atomic E-state index is 13.3. The number of rotatable bonds is 3. The smallest absolute Gasteiger partial charge is 0.123 e. The summed E-state index contributed by atoms with van der Waals surface area (Å²) in [5, 5.41) is 12.4. The lowest BCUT2D eigenvalue weighted by Crippen LogP contribution is -2.40. The Labute approximate surface area is 113 Å². The lowest BCUT2D eigenvalue weighted by molar-refractivity contribution is 0.220. The molecule has 1 fully saturated rings. The topological polar surface area (TPSA) is 35.8 Å². The van der Waals surface area contributed by atoms with Gasteiger partial charge in [-0.15, -0.1) is 0 Å². The fourth-order valence-corrected chi connectivity index (χ4v) is 2.68. The van der Waals surface area contributed by atoms with Gasteiger partial charge in [-0.05, 0) is 36.6 Å². The van der Waals surface area contributed by atoms with Gasteiger partial charge in [0.25, 0.3) is 0 Å². The Kier molecular flexibility index (Phi) is 4.53. The predicted octanol–water partition coefficient (Wildman–Crippen LogP) is 3.20. The van der Waals surface area contributed by atoms with Crippen LogP contribution in [0.5, 0.6) is 0 Å². The van der Waals surface area contributed by atoms with Gasteiger partial charge >= 0.3 is 0 Å². The summed E-state index contributed by atoms with van der Waals surface area (Å²) < 4.78 is 13.3. The first-order chi connectivity index (χ1) is 9.13. The van der Waals surface area contributed by atoms with Crippen LogP contribution >= 0.6 is 0 Å². The van der Waals surface area contributed by atoms with Gasteiger partial charge in [-0.2, -0.15) is 0 Å². The SMILES string of the molecule is CCC1CN(Cc2cc(F)ccc2C)CC/C1=N\O. The summed E-state index contributed by atoms with van der Waals surface area (Å²) in [4.78, 5) is 2.31. The molecule has 1 aliphatic rings. The van der Waals surface area contributed by atoms with Gasteiger partial charge in [-0.3, -0.25) is 4.90 Å². The van der Waals surface area contributed by atoms with Crippen molar-refractivity contribution in [3.05, 3.63) is 35.1 Å². The number of hydrogen-bond acceptors (Lipinski definition) is 3. The van der Waals surface area contributed by atoms with Crippen LogP contribution in [0.1, 0.15) is 30.9 Å². The highest BCUT2D eigenvalue weighted by atomic mass is 19.1. The van der Waals surface area contributed by atoms with Crippen LogP contribution in [0, 0.1) is 18.7 Å². The number of likely N-dealkylation sites (tertiary alicyclic amines) is 1. The van der Waals surface area contributed by atoms with Crippen LogP contribution in [0.25, 0.3) is 0 Å². The molecule has 4 heteroatoms. The second-order valence-electron chi connectivity index (χ2n) is 5.25. The molecule has 1 unspecified atom stereocenters. The zero-order chi connectivity index (χ0) is 13.8. The van der Waals surface area contributed by atoms with Gasteiger partial charge in [0.1, 0.15) is 5.82 Å². The molecule has 1 aliphatic heterocycles. The molecular formula is C15H21FN2O. The first kappa shape index (κ1) is 14.0. The molecule has 1 aromatic carbocycles. The summed E-state index contributed by atoms with van der Waals surface area (Å²) in [7, 11) is 0. The lowest BCUT2D eigenvalue weighted by atomic mass is 9.92. The molecule has 0 aromatic heterocycles. The number of halogens is 1. The van der Waals surface area contributed by atoms with Crippen molar-refractivity contribution in [1.29, 1.82) is 0 Å². The van der Waals surface area contributed by atoms with Crippen LogP contribution in [0.2, 0.25) is 0 Å². The number of aryl methyl sites for hydroxylation is 1. The number of oxime groups is 1. The standard InChI is InChI=1S/C15H21FN2O/c1-3-12-9-18(7-6-15(12)17-19)10-13-8-14(16)5-4-11(13)2/h4-5,8,12,19H,3,6-7,9-10H2,1-2H3/b17-15+. The third-order valence-corrected chi connectivity index (χ3v) is 3.96. The van der Waals surface area contributed by atoms with Crippen LogP contribution in [0.3, 0.4) is 0 Å². The lowest BCUT2D eigenvalue weighted by Gasteiger charge is -2.33. The largest absolute Gasteiger partial charge is 0.411 e. The molecule has 1 heterocycles. The second-order valence-corrected chi connectivity index (χ2v) is 5.25. The molecule has 0 saturated carbocycles. The minimum atomic E-state index is -0.178. The Morgan fingerprint density at radius 1 is 1.47 bits per heavy atom. The van der Waals surface area contributed by atoms with E-state index in [9.17, 15) is 4.39 Å². The van der Waals surface area contributed by atoms with E-state index in [4.69, 9.17) is 5.21 Å². The fourth-order valence-electron chi connectivity index (χ4n) is 2.68. The Balaban J connectivity index is 2.06. The first-order valence-electron chi connectivity index (χ1n) is 6.82. The zero-order valence-electron chi connectivity index (χ0n) is 11.6. The summed E-state index contributed by atoms with van der Waals surface area (Å²) in [5.41, 5.74) is 3.06. The Bertz CT molecular complexity index is 473. The highest BCUT2D eigenvalue weighted by molar-refractivity contribution is 5.87. The summed E-state index contributed by atoms with van der Waals surface area (Å²) in [6.45, 7) is 6.62. The predicted molar refractivity (Wildman–Crippen MR) is 74.0 cm³/mol. The maximum atomic E-state index is 13.3. The highest BCUT2D eigenvalue weighted by Gasteiger charge is 2.24. The van der Waals surface area contributed by atoms with Crippen LogP contribution in [0.15, 0.2) is 23.4 Å². The van der Waals surface area contributed by atoms with Crippen LogP contribution < -0.4 is 0 Å². The third kappa shape index (κ3) is 3.32. The molecular weight excluding hydrogens is 243 g/mol. The van der Waals surface area contributed by atoms with Gasteiger partial charge in [0.2, 0.25) is 0 Å². The summed E-state index contributed by atoms with van der Waals surface area (Å²) in [6, 6.07) is 4.94. The van der Waals surface area contributed by atoms with E-state index in [-0.39, 0.29) is 5.82 Å². The fraction of sp³-hybridized carbons (Fsp3) is 0.533.